The number of nitrogens with one attached hydrogen (secondary N) is 1. The SMILES string of the molecule is O=C(Nc1nc2c(s1)CN(C(=O)c1ccc(Cl)cc1Cl)CC2)C1CCCO1. The highest BCUT2D eigenvalue weighted by molar-refractivity contribution is 7.15. The molecule has 6 nitrogen and oxygen atoms in total. The summed E-state index contributed by atoms with van der Waals surface area (Å²) in [5, 5.41) is 4.22. The Balaban J connectivity index is 1.46. The Morgan fingerprint density at radius 2 is 2.19 bits per heavy atom. The largest absolute Gasteiger partial charge is 0.368 e. The van der Waals surface area contributed by atoms with Gasteiger partial charge in [-0.1, -0.05) is 34.5 Å². The van der Waals surface area contributed by atoms with Crippen LogP contribution in [0.5, 0.6) is 0 Å². The van der Waals surface area contributed by atoms with Gasteiger partial charge in [0.2, 0.25) is 0 Å². The number of carbonyl (C=O) groups is 2. The third-order valence-corrected chi connectivity index (χ3v) is 6.18. The first-order valence-electron chi connectivity index (χ1n) is 8.66. The van der Waals surface area contributed by atoms with Crippen molar-refractivity contribution in [2.75, 3.05) is 18.5 Å². The van der Waals surface area contributed by atoms with E-state index in [0.29, 0.717) is 46.9 Å². The topological polar surface area (TPSA) is 71.5 Å². The molecule has 0 spiro atoms. The molecule has 0 bridgehead atoms. The molecule has 1 unspecified atom stereocenters. The smallest absolute Gasteiger partial charge is 0.255 e. The molecule has 1 saturated heterocycles. The van der Waals surface area contributed by atoms with Crippen LogP contribution >= 0.6 is 34.5 Å². The van der Waals surface area contributed by atoms with Crippen LogP contribution in [-0.4, -0.2) is 41.0 Å². The highest BCUT2D eigenvalue weighted by atomic mass is 35.5. The maximum absolute atomic E-state index is 12.8. The Hall–Kier alpha value is -1.67. The molecule has 0 aliphatic carbocycles. The third-order valence-electron chi connectivity index (χ3n) is 4.63. The first-order chi connectivity index (χ1) is 13.0. The molecular weight excluding hydrogens is 409 g/mol. The van der Waals surface area contributed by atoms with Crippen molar-refractivity contribution in [1.29, 1.82) is 0 Å². The fraction of sp³-hybridized carbons (Fsp3) is 0.389. The van der Waals surface area contributed by atoms with Gasteiger partial charge >= 0.3 is 0 Å². The van der Waals surface area contributed by atoms with Gasteiger partial charge in [0.1, 0.15) is 6.10 Å². The van der Waals surface area contributed by atoms with Crippen molar-refractivity contribution in [1.82, 2.24) is 9.88 Å². The number of anilines is 1. The summed E-state index contributed by atoms with van der Waals surface area (Å²) in [5.74, 6) is -0.292. The van der Waals surface area contributed by atoms with Crippen LogP contribution in [0, 0.1) is 0 Å². The fourth-order valence-electron chi connectivity index (χ4n) is 3.23. The van der Waals surface area contributed by atoms with Crippen LogP contribution in [0.1, 0.15) is 33.8 Å². The average Bonchev–Trinajstić information content (AvgIpc) is 3.30. The van der Waals surface area contributed by atoms with E-state index in [1.54, 1.807) is 23.1 Å². The van der Waals surface area contributed by atoms with Gasteiger partial charge in [-0.05, 0) is 31.0 Å². The third kappa shape index (κ3) is 3.96. The van der Waals surface area contributed by atoms with Gasteiger partial charge < -0.3 is 9.64 Å². The summed E-state index contributed by atoms with van der Waals surface area (Å²) >= 11 is 13.5. The van der Waals surface area contributed by atoms with E-state index in [-0.39, 0.29) is 11.8 Å². The van der Waals surface area contributed by atoms with Crippen molar-refractivity contribution in [2.45, 2.75) is 31.9 Å². The van der Waals surface area contributed by atoms with Crippen LogP contribution in [0.2, 0.25) is 10.0 Å². The number of hydrogen-bond acceptors (Lipinski definition) is 5. The first-order valence-corrected chi connectivity index (χ1v) is 10.2. The molecule has 1 aromatic heterocycles. The normalized spacial score (nSPS) is 19.0. The zero-order valence-electron chi connectivity index (χ0n) is 14.3. The summed E-state index contributed by atoms with van der Waals surface area (Å²) in [6, 6.07) is 4.86. The Morgan fingerprint density at radius 3 is 2.93 bits per heavy atom. The van der Waals surface area contributed by atoms with E-state index in [1.807, 2.05) is 0 Å². The fourth-order valence-corrected chi connectivity index (χ4v) is 4.74. The second kappa shape index (κ2) is 7.75. The minimum Gasteiger partial charge on any atom is -0.368 e. The number of thiazole rings is 1. The lowest BCUT2D eigenvalue weighted by atomic mass is 10.1. The van der Waals surface area contributed by atoms with E-state index in [0.717, 1.165) is 23.4 Å². The summed E-state index contributed by atoms with van der Waals surface area (Å²) in [6.45, 7) is 1.62. The molecule has 4 rings (SSSR count). The van der Waals surface area contributed by atoms with Gasteiger partial charge in [0.25, 0.3) is 11.8 Å². The van der Waals surface area contributed by atoms with Crippen molar-refractivity contribution in [2.24, 2.45) is 0 Å². The highest BCUT2D eigenvalue weighted by Crippen LogP contribution is 2.31. The number of carbonyl (C=O) groups excluding carboxylic acids is 2. The van der Waals surface area contributed by atoms with E-state index >= 15 is 0 Å². The Labute approximate surface area is 170 Å². The van der Waals surface area contributed by atoms with Gasteiger partial charge in [-0.25, -0.2) is 4.98 Å². The van der Waals surface area contributed by atoms with Gasteiger partial charge in [-0.3, -0.25) is 14.9 Å². The van der Waals surface area contributed by atoms with Crippen LogP contribution in [0.4, 0.5) is 5.13 Å². The molecule has 142 valence electrons. The Bertz CT molecular complexity index is 896. The second-order valence-electron chi connectivity index (χ2n) is 6.48. The quantitative estimate of drug-likeness (QED) is 0.811. The molecule has 1 aromatic carbocycles. The highest BCUT2D eigenvalue weighted by Gasteiger charge is 2.28. The molecule has 27 heavy (non-hydrogen) atoms. The number of amides is 2. The molecule has 2 aromatic rings. The minimum absolute atomic E-state index is 0.138. The number of aromatic nitrogens is 1. The molecule has 0 saturated carbocycles. The maximum atomic E-state index is 12.8. The molecule has 1 N–H and O–H groups in total. The number of ether oxygens (including phenoxy) is 1. The van der Waals surface area contributed by atoms with Crippen LogP contribution < -0.4 is 5.32 Å². The lowest BCUT2D eigenvalue weighted by Crippen LogP contribution is -2.35. The van der Waals surface area contributed by atoms with Crippen molar-refractivity contribution >= 4 is 51.5 Å². The van der Waals surface area contributed by atoms with Crippen LogP contribution in [0.3, 0.4) is 0 Å². The number of nitrogens with zero attached hydrogens (tertiary/aromatic N) is 2. The van der Waals surface area contributed by atoms with E-state index in [2.05, 4.69) is 10.3 Å². The zero-order chi connectivity index (χ0) is 19.0. The van der Waals surface area contributed by atoms with Crippen LogP contribution in [0.15, 0.2) is 18.2 Å². The Kier molecular flexibility index (Phi) is 5.36. The number of rotatable bonds is 3. The predicted octanol–water partition coefficient (Wildman–Crippen LogP) is 3.77. The van der Waals surface area contributed by atoms with E-state index < -0.39 is 6.10 Å². The molecule has 2 aliphatic rings. The number of benzene rings is 1. The van der Waals surface area contributed by atoms with E-state index in [4.69, 9.17) is 27.9 Å². The summed E-state index contributed by atoms with van der Waals surface area (Å²) in [7, 11) is 0. The van der Waals surface area contributed by atoms with Crippen LogP contribution in [-0.2, 0) is 22.5 Å². The Morgan fingerprint density at radius 1 is 1.33 bits per heavy atom. The van der Waals surface area contributed by atoms with Gasteiger partial charge in [0.05, 0.1) is 22.8 Å². The number of hydrogen-bond donors (Lipinski definition) is 1. The van der Waals surface area contributed by atoms with Crippen molar-refractivity contribution in [3.63, 3.8) is 0 Å². The van der Waals surface area contributed by atoms with E-state index in [9.17, 15) is 9.59 Å². The summed E-state index contributed by atoms with van der Waals surface area (Å²) in [5.41, 5.74) is 1.36. The molecule has 2 amide bonds. The van der Waals surface area contributed by atoms with E-state index in [1.165, 1.54) is 11.3 Å². The molecule has 1 atom stereocenters. The lowest BCUT2D eigenvalue weighted by Gasteiger charge is -2.26. The maximum Gasteiger partial charge on any atom is 0.255 e. The van der Waals surface area contributed by atoms with Crippen molar-refractivity contribution in [3.8, 4) is 0 Å². The average molecular weight is 426 g/mol. The summed E-state index contributed by atoms with van der Waals surface area (Å²) < 4.78 is 5.40. The zero-order valence-corrected chi connectivity index (χ0v) is 16.7. The standard InChI is InChI=1S/C18H17Cl2N3O3S/c19-10-3-4-11(12(20)8-10)17(25)23-6-5-13-15(9-23)27-18(21-13)22-16(24)14-2-1-7-26-14/h3-4,8,14H,1-2,5-7,9H2,(H,21,22,24). The number of halogens is 2. The first kappa shape index (κ1) is 18.7. The summed E-state index contributed by atoms with van der Waals surface area (Å²) in [4.78, 5) is 32.2. The molecule has 0 radical (unpaired) electrons. The van der Waals surface area contributed by atoms with Gasteiger partial charge in [-0.15, -0.1) is 0 Å². The predicted molar refractivity (Wildman–Crippen MR) is 105 cm³/mol. The summed E-state index contributed by atoms with van der Waals surface area (Å²) in [6.07, 6.45) is 1.88. The van der Waals surface area contributed by atoms with Gasteiger partial charge in [-0.2, -0.15) is 0 Å². The minimum atomic E-state index is -0.393. The van der Waals surface area contributed by atoms with Crippen LogP contribution in [0.25, 0.3) is 0 Å². The lowest BCUT2D eigenvalue weighted by molar-refractivity contribution is -0.124. The molecular formula is C18H17Cl2N3O3S. The monoisotopic (exact) mass is 425 g/mol. The molecule has 3 heterocycles. The van der Waals surface area contributed by atoms with Crippen molar-refractivity contribution in [3.05, 3.63) is 44.4 Å². The number of fused-ring (bicyclic) bond motifs is 1. The molecule has 2 aliphatic heterocycles. The van der Waals surface area contributed by atoms with Crippen molar-refractivity contribution < 1.29 is 14.3 Å². The molecule has 1 fully saturated rings. The van der Waals surface area contributed by atoms with Gasteiger partial charge in [0.15, 0.2) is 5.13 Å². The molecule has 9 heteroatoms. The van der Waals surface area contributed by atoms with Gasteiger partial charge in [0, 0.05) is 29.5 Å². The second-order valence-corrected chi connectivity index (χ2v) is 8.41.